The van der Waals surface area contributed by atoms with E-state index in [-0.39, 0.29) is 16.8 Å². The first kappa shape index (κ1) is 21.4. The number of benzene rings is 1. The number of hydrogen-bond donors (Lipinski definition) is 1. The fourth-order valence-corrected chi connectivity index (χ4v) is 7.12. The van der Waals surface area contributed by atoms with Crippen LogP contribution in [0.4, 0.5) is 5.69 Å². The van der Waals surface area contributed by atoms with Crippen molar-refractivity contribution in [2.75, 3.05) is 43.8 Å². The zero-order valence-corrected chi connectivity index (χ0v) is 17.4. The lowest BCUT2D eigenvalue weighted by atomic mass is 10.2. The second-order valence-electron chi connectivity index (χ2n) is 6.38. The van der Waals surface area contributed by atoms with Crippen LogP contribution in [-0.4, -0.2) is 80.8 Å². The van der Waals surface area contributed by atoms with Crippen LogP contribution in [0.3, 0.4) is 0 Å². The molecule has 158 valence electrons. The molecule has 2 aliphatic heterocycles. The Hall–Kier alpha value is -2.31. The Labute approximate surface area is 171 Å². The van der Waals surface area contributed by atoms with Gasteiger partial charge in [0.15, 0.2) is 15.0 Å². The number of methoxy groups -OCH3 is 2. The second-order valence-corrected chi connectivity index (χ2v) is 9.74. The molecule has 10 nitrogen and oxygen atoms in total. The minimum Gasteiger partial charge on any atom is -0.497 e. The van der Waals surface area contributed by atoms with E-state index in [1.807, 2.05) is 0 Å². The summed E-state index contributed by atoms with van der Waals surface area (Å²) in [6, 6.07) is 4.67. The average molecular weight is 444 g/mol. The normalized spacial score (nSPS) is 23.8. The molecular formula is C17H20N2O8S2. The zero-order chi connectivity index (χ0) is 21.2. The summed E-state index contributed by atoms with van der Waals surface area (Å²) in [5.41, 5.74) is 0.559. The van der Waals surface area contributed by atoms with Crippen LogP contribution >= 0.6 is 11.8 Å². The second kappa shape index (κ2) is 8.59. The van der Waals surface area contributed by atoms with E-state index in [2.05, 4.69) is 4.99 Å². The molecule has 0 radical (unpaired) electrons. The molecule has 2 fully saturated rings. The molecule has 0 spiro atoms. The lowest BCUT2D eigenvalue weighted by molar-refractivity contribution is -0.143. The topological polar surface area (TPSA) is 132 Å². The molecule has 0 aromatic heterocycles. The van der Waals surface area contributed by atoms with E-state index in [1.165, 1.54) is 26.0 Å². The van der Waals surface area contributed by atoms with Gasteiger partial charge in [-0.1, -0.05) is 11.8 Å². The molecule has 29 heavy (non-hydrogen) atoms. The standard InChI is InChI=1S/C17H20N2O8S2/c1-25-10-3-4-11(13(5-10)26-2)19-12-8-29(23,24)9-14(12)28-17(19)18-15(20)6-27-7-16(21)22/h3-5,12,14H,6-9H2,1-2H3,(H,21,22)/t12-,14+/m0/s1. The molecule has 1 N–H and O–H groups in total. The van der Waals surface area contributed by atoms with Crippen molar-refractivity contribution in [3.8, 4) is 11.5 Å². The van der Waals surface area contributed by atoms with E-state index in [4.69, 9.17) is 19.3 Å². The van der Waals surface area contributed by atoms with Crippen molar-refractivity contribution in [3.63, 3.8) is 0 Å². The number of anilines is 1. The number of carbonyl (C=O) groups excluding carboxylic acids is 1. The van der Waals surface area contributed by atoms with Gasteiger partial charge in [-0.3, -0.25) is 4.79 Å². The molecule has 0 saturated carbocycles. The van der Waals surface area contributed by atoms with Crippen LogP contribution in [0, 0.1) is 0 Å². The van der Waals surface area contributed by atoms with Gasteiger partial charge in [0.2, 0.25) is 0 Å². The summed E-state index contributed by atoms with van der Waals surface area (Å²) >= 11 is 1.20. The Bertz CT molecular complexity index is 947. The van der Waals surface area contributed by atoms with Gasteiger partial charge in [0.1, 0.15) is 24.7 Å². The maximum atomic E-state index is 12.1. The first-order valence-corrected chi connectivity index (χ1v) is 11.2. The molecule has 2 heterocycles. The van der Waals surface area contributed by atoms with Gasteiger partial charge in [0, 0.05) is 11.3 Å². The Balaban J connectivity index is 1.93. The number of aliphatic carboxylic acids is 1. The van der Waals surface area contributed by atoms with Crippen molar-refractivity contribution in [2.45, 2.75) is 11.3 Å². The lowest BCUT2D eigenvalue weighted by Gasteiger charge is -2.26. The highest BCUT2D eigenvalue weighted by Crippen LogP contribution is 2.44. The predicted molar refractivity (Wildman–Crippen MR) is 107 cm³/mol. The third kappa shape index (κ3) is 4.82. The van der Waals surface area contributed by atoms with E-state index < -0.39 is 41.0 Å². The van der Waals surface area contributed by atoms with Gasteiger partial charge in [0.05, 0.1) is 37.5 Å². The number of hydrogen-bond acceptors (Lipinski definition) is 8. The van der Waals surface area contributed by atoms with Crippen LogP contribution in [0.5, 0.6) is 11.5 Å². The Morgan fingerprint density at radius 1 is 1.24 bits per heavy atom. The molecule has 2 saturated heterocycles. The van der Waals surface area contributed by atoms with Crippen LogP contribution in [-0.2, 0) is 24.2 Å². The van der Waals surface area contributed by atoms with Gasteiger partial charge in [0.25, 0.3) is 5.91 Å². The van der Waals surface area contributed by atoms with E-state index in [0.29, 0.717) is 22.4 Å². The summed E-state index contributed by atoms with van der Waals surface area (Å²) in [5, 5.41) is 8.64. The Morgan fingerprint density at radius 2 is 2.00 bits per heavy atom. The number of carboxylic acid groups (broad SMARTS) is 1. The number of ether oxygens (including phenoxy) is 3. The monoisotopic (exact) mass is 444 g/mol. The van der Waals surface area contributed by atoms with E-state index in [1.54, 1.807) is 23.1 Å². The number of fused-ring (bicyclic) bond motifs is 1. The molecule has 3 rings (SSSR count). The van der Waals surface area contributed by atoms with Crippen LogP contribution in [0.2, 0.25) is 0 Å². The zero-order valence-electron chi connectivity index (χ0n) is 15.7. The molecule has 0 aliphatic carbocycles. The SMILES string of the molecule is COc1ccc(N2C(=NC(=O)COCC(=O)O)S[C@@H]3CS(=O)(=O)C[C@@H]32)c(OC)c1. The third-order valence-electron chi connectivity index (χ3n) is 4.38. The smallest absolute Gasteiger partial charge is 0.329 e. The highest BCUT2D eigenvalue weighted by molar-refractivity contribution is 8.16. The summed E-state index contributed by atoms with van der Waals surface area (Å²) < 4.78 is 39.7. The Kier molecular flexibility index (Phi) is 6.34. The largest absolute Gasteiger partial charge is 0.497 e. The number of sulfone groups is 1. The molecule has 0 unspecified atom stereocenters. The van der Waals surface area contributed by atoms with Crippen molar-refractivity contribution in [1.29, 1.82) is 0 Å². The van der Waals surface area contributed by atoms with Crippen molar-refractivity contribution in [2.24, 2.45) is 4.99 Å². The molecule has 2 aliphatic rings. The first-order valence-electron chi connectivity index (χ1n) is 8.53. The summed E-state index contributed by atoms with van der Waals surface area (Å²) in [5.74, 6) is -0.927. The van der Waals surface area contributed by atoms with Crippen molar-refractivity contribution in [3.05, 3.63) is 18.2 Å². The number of aliphatic imine (C=N–C) groups is 1. The Morgan fingerprint density at radius 3 is 2.66 bits per heavy atom. The van der Waals surface area contributed by atoms with Crippen LogP contribution in [0.15, 0.2) is 23.2 Å². The minimum atomic E-state index is -3.21. The highest BCUT2D eigenvalue weighted by Gasteiger charge is 2.50. The average Bonchev–Trinajstić information content (AvgIpc) is 3.11. The van der Waals surface area contributed by atoms with Crippen LogP contribution in [0.25, 0.3) is 0 Å². The van der Waals surface area contributed by atoms with Gasteiger partial charge in [-0.25, -0.2) is 13.2 Å². The number of thioether (sulfide) groups is 1. The van der Waals surface area contributed by atoms with Crippen LogP contribution in [0.1, 0.15) is 0 Å². The fourth-order valence-electron chi connectivity index (χ4n) is 3.19. The molecule has 1 amide bonds. The molecule has 1 aromatic carbocycles. The molecular weight excluding hydrogens is 424 g/mol. The van der Waals surface area contributed by atoms with Gasteiger partial charge in [-0.15, -0.1) is 0 Å². The fraction of sp³-hybridized carbons (Fsp3) is 0.471. The van der Waals surface area contributed by atoms with Crippen molar-refractivity contribution in [1.82, 2.24) is 0 Å². The number of amides is 1. The number of amidine groups is 1. The third-order valence-corrected chi connectivity index (χ3v) is 7.59. The van der Waals surface area contributed by atoms with Crippen molar-refractivity contribution < 1.29 is 37.3 Å². The van der Waals surface area contributed by atoms with Gasteiger partial charge in [-0.2, -0.15) is 4.99 Å². The summed E-state index contributed by atoms with van der Waals surface area (Å²) in [7, 11) is -0.218. The van der Waals surface area contributed by atoms with E-state index >= 15 is 0 Å². The van der Waals surface area contributed by atoms with Gasteiger partial charge >= 0.3 is 5.97 Å². The molecule has 0 bridgehead atoms. The molecule has 12 heteroatoms. The first-order chi connectivity index (χ1) is 13.7. The summed E-state index contributed by atoms with van der Waals surface area (Å²) in [6.45, 7) is -1.10. The van der Waals surface area contributed by atoms with Gasteiger partial charge in [-0.05, 0) is 12.1 Å². The molecule has 1 aromatic rings. The summed E-state index contributed by atoms with van der Waals surface area (Å²) in [6.07, 6.45) is 0. The summed E-state index contributed by atoms with van der Waals surface area (Å²) in [4.78, 5) is 28.4. The number of rotatable bonds is 7. The molecule has 2 atom stereocenters. The number of carboxylic acids is 1. The number of carbonyl (C=O) groups is 2. The van der Waals surface area contributed by atoms with E-state index in [0.717, 1.165) is 0 Å². The predicted octanol–water partition coefficient (Wildman–Crippen LogP) is 0.406. The minimum absolute atomic E-state index is 0.0139. The van der Waals surface area contributed by atoms with Gasteiger partial charge < -0.3 is 24.2 Å². The van der Waals surface area contributed by atoms with E-state index in [9.17, 15) is 18.0 Å². The van der Waals surface area contributed by atoms with Crippen LogP contribution < -0.4 is 14.4 Å². The maximum absolute atomic E-state index is 12.1. The lowest BCUT2D eigenvalue weighted by Crippen LogP contribution is -2.38. The quantitative estimate of drug-likeness (QED) is 0.630. The maximum Gasteiger partial charge on any atom is 0.329 e. The van der Waals surface area contributed by atoms with Crippen molar-refractivity contribution >= 4 is 44.3 Å². The number of nitrogens with zero attached hydrogens (tertiary/aromatic N) is 2. The highest BCUT2D eigenvalue weighted by atomic mass is 32.2.